The third-order valence-corrected chi connectivity index (χ3v) is 4.47. The number of carbonyl (C=O) groups is 2. The molecule has 134 valence electrons. The lowest BCUT2D eigenvalue weighted by Gasteiger charge is -2.23. The van der Waals surface area contributed by atoms with Gasteiger partial charge in [0.1, 0.15) is 0 Å². The topological polar surface area (TPSA) is 67.2 Å². The van der Waals surface area contributed by atoms with E-state index in [2.05, 4.69) is 22.4 Å². The van der Waals surface area contributed by atoms with Crippen LogP contribution in [0.4, 0.5) is 4.79 Å². The van der Waals surface area contributed by atoms with Crippen molar-refractivity contribution in [3.8, 4) is 0 Å². The molecular weight excluding hydrogens is 336 g/mol. The van der Waals surface area contributed by atoms with Gasteiger partial charge in [0.25, 0.3) is 0 Å². The maximum Gasteiger partial charge on any atom is 0.317 e. The zero-order chi connectivity index (χ0) is 17.9. The molecule has 0 spiro atoms. The van der Waals surface area contributed by atoms with Gasteiger partial charge >= 0.3 is 6.03 Å². The zero-order valence-electron chi connectivity index (χ0n) is 14.4. The molecule has 2 aromatic rings. The molecule has 0 aliphatic carbocycles. The highest BCUT2D eigenvalue weighted by Crippen LogP contribution is 2.05. The van der Waals surface area contributed by atoms with Crippen LogP contribution in [0.3, 0.4) is 0 Å². The van der Waals surface area contributed by atoms with Crippen LogP contribution in [0, 0.1) is 0 Å². The van der Waals surface area contributed by atoms with Crippen molar-refractivity contribution in [3.05, 3.63) is 54.6 Å². The smallest absolute Gasteiger partial charge is 0.317 e. The number of nitrogens with one attached hydrogen (secondary N) is 1. The Balaban J connectivity index is 1.82. The molecule has 1 aromatic carbocycles. The quantitative estimate of drug-likeness (QED) is 0.746. The lowest BCUT2D eigenvalue weighted by atomic mass is 10.1. The standard InChI is InChI=1S/C18H24N4O2S/c1-16(23)25-14-13-22(10-7-17-5-3-2-4-6-17)18(24)20-9-12-21-11-8-19-15-21/h2-6,8,11,15H,7,9-10,12-14H2,1H3,(H,20,24). The molecule has 0 aliphatic rings. The minimum Gasteiger partial charge on any atom is -0.336 e. The molecule has 0 unspecified atom stereocenters. The molecule has 0 atom stereocenters. The Morgan fingerprint density at radius 3 is 2.72 bits per heavy atom. The summed E-state index contributed by atoms with van der Waals surface area (Å²) in [5.74, 6) is 0.610. The van der Waals surface area contributed by atoms with Crippen LogP contribution in [0.2, 0.25) is 0 Å². The summed E-state index contributed by atoms with van der Waals surface area (Å²) < 4.78 is 1.92. The Hall–Kier alpha value is -2.28. The van der Waals surface area contributed by atoms with E-state index in [1.165, 1.54) is 17.3 Å². The SMILES string of the molecule is CC(=O)SCCN(CCc1ccccc1)C(=O)NCCn1ccnc1. The maximum atomic E-state index is 12.5. The highest BCUT2D eigenvalue weighted by molar-refractivity contribution is 8.13. The molecule has 1 heterocycles. The predicted molar refractivity (Wildman–Crippen MR) is 100 cm³/mol. The van der Waals surface area contributed by atoms with E-state index >= 15 is 0 Å². The molecular formula is C18H24N4O2S. The molecule has 0 fully saturated rings. The van der Waals surface area contributed by atoms with Crippen LogP contribution in [0.1, 0.15) is 12.5 Å². The summed E-state index contributed by atoms with van der Waals surface area (Å²) in [4.78, 5) is 29.3. The summed E-state index contributed by atoms with van der Waals surface area (Å²) in [5, 5.41) is 3.01. The second kappa shape index (κ2) is 10.6. The van der Waals surface area contributed by atoms with E-state index in [0.717, 1.165) is 6.42 Å². The van der Waals surface area contributed by atoms with Crippen LogP contribution in [0.5, 0.6) is 0 Å². The van der Waals surface area contributed by atoms with Gasteiger partial charge in [0.05, 0.1) is 6.33 Å². The maximum absolute atomic E-state index is 12.5. The number of hydrogen-bond donors (Lipinski definition) is 1. The Labute approximate surface area is 152 Å². The number of hydrogen-bond acceptors (Lipinski definition) is 4. The molecule has 0 aliphatic heterocycles. The minimum absolute atomic E-state index is 0.0727. The van der Waals surface area contributed by atoms with Gasteiger partial charge < -0.3 is 14.8 Å². The number of amides is 2. The van der Waals surface area contributed by atoms with Gasteiger partial charge in [0.2, 0.25) is 0 Å². The van der Waals surface area contributed by atoms with Crippen LogP contribution in [0.15, 0.2) is 49.1 Å². The minimum atomic E-state index is -0.0970. The van der Waals surface area contributed by atoms with Gasteiger partial charge in [-0.15, -0.1) is 0 Å². The first-order valence-electron chi connectivity index (χ1n) is 8.31. The molecule has 1 N–H and O–H groups in total. The number of carbonyl (C=O) groups excluding carboxylic acids is 2. The van der Waals surface area contributed by atoms with E-state index in [1.54, 1.807) is 24.3 Å². The summed E-state index contributed by atoms with van der Waals surface area (Å²) in [6, 6.07) is 9.99. The van der Waals surface area contributed by atoms with E-state index in [-0.39, 0.29) is 11.1 Å². The summed E-state index contributed by atoms with van der Waals surface area (Å²) in [6.45, 7) is 3.94. The van der Waals surface area contributed by atoms with Gasteiger partial charge in [-0.25, -0.2) is 9.78 Å². The monoisotopic (exact) mass is 360 g/mol. The van der Waals surface area contributed by atoms with Gasteiger partial charge in [-0.2, -0.15) is 0 Å². The second-order valence-corrected chi connectivity index (χ2v) is 6.87. The molecule has 0 saturated heterocycles. The van der Waals surface area contributed by atoms with E-state index in [9.17, 15) is 9.59 Å². The summed E-state index contributed by atoms with van der Waals surface area (Å²) in [7, 11) is 0. The predicted octanol–water partition coefficient (Wildman–Crippen LogP) is 2.42. The molecule has 6 nitrogen and oxygen atoms in total. The van der Waals surface area contributed by atoms with E-state index < -0.39 is 0 Å². The van der Waals surface area contributed by atoms with Gasteiger partial charge in [-0.05, 0) is 12.0 Å². The first kappa shape index (κ1) is 19.1. The number of imidazole rings is 1. The second-order valence-electron chi connectivity index (χ2n) is 5.60. The zero-order valence-corrected chi connectivity index (χ0v) is 15.2. The number of aromatic nitrogens is 2. The largest absolute Gasteiger partial charge is 0.336 e. The summed E-state index contributed by atoms with van der Waals surface area (Å²) in [6.07, 6.45) is 6.10. The average molecular weight is 360 g/mol. The summed E-state index contributed by atoms with van der Waals surface area (Å²) >= 11 is 1.25. The number of thioether (sulfide) groups is 1. The number of rotatable bonds is 9. The third kappa shape index (κ3) is 7.43. The fourth-order valence-corrected chi connectivity index (χ4v) is 2.95. The third-order valence-electron chi connectivity index (χ3n) is 3.67. The van der Waals surface area contributed by atoms with Crippen LogP contribution < -0.4 is 5.32 Å². The van der Waals surface area contributed by atoms with Crippen LogP contribution in [0.25, 0.3) is 0 Å². The van der Waals surface area contributed by atoms with Crippen molar-refractivity contribution in [2.24, 2.45) is 0 Å². The van der Waals surface area contributed by atoms with E-state index in [4.69, 9.17) is 0 Å². The van der Waals surface area contributed by atoms with Gasteiger partial charge in [0.15, 0.2) is 5.12 Å². The molecule has 2 amide bonds. The van der Waals surface area contributed by atoms with E-state index in [0.29, 0.717) is 31.9 Å². The lowest BCUT2D eigenvalue weighted by Crippen LogP contribution is -2.43. The van der Waals surface area contributed by atoms with E-state index in [1.807, 2.05) is 29.0 Å². The molecule has 0 bridgehead atoms. The van der Waals surface area contributed by atoms with Crippen LogP contribution in [-0.4, -0.2) is 51.0 Å². The number of benzene rings is 1. The Morgan fingerprint density at radius 1 is 1.24 bits per heavy atom. The van der Waals surface area contributed by atoms with Gasteiger partial charge in [0, 0.05) is 51.2 Å². The first-order valence-corrected chi connectivity index (χ1v) is 9.29. The average Bonchev–Trinajstić information content (AvgIpc) is 3.12. The fraction of sp³-hybridized carbons (Fsp3) is 0.389. The first-order chi connectivity index (χ1) is 12.1. The van der Waals surface area contributed by atoms with Crippen molar-refractivity contribution in [3.63, 3.8) is 0 Å². The number of urea groups is 1. The molecule has 0 radical (unpaired) electrons. The lowest BCUT2D eigenvalue weighted by molar-refractivity contribution is -0.109. The van der Waals surface area contributed by atoms with Crippen LogP contribution in [-0.2, 0) is 17.8 Å². The molecule has 1 aromatic heterocycles. The molecule has 7 heteroatoms. The molecule has 0 saturated carbocycles. The summed E-state index contributed by atoms with van der Waals surface area (Å²) in [5.41, 5.74) is 1.19. The molecule has 2 rings (SSSR count). The van der Waals surface area contributed by atoms with Crippen molar-refractivity contribution in [2.75, 3.05) is 25.4 Å². The van der Waals surface area contributed by atoms with Gasteiger partial charge in [-0.3, -0.25) is 4.79 Å². The van der Waals surface area contributed by atoms with Crippen molar-refractivity contribution < 1.29 is 9.59 Å². The highest BCUT2D eigenvalue weighted by atomic mass is 32.2. The van der Waals surface area contributed by atoms with Gasteiger partial charge in [-0.1, -0.05) is 42.1 Å². The molecule has 25 heavy (non-hydrogen) atoms. The normalized spacial score (nSPS) is 10.4. The highest BCUT2D eigenvalue weighted by Gasteiger charge is 2.13. The van der Waals surface area contributed by atoms with Crippen LogP contribution >= 0.6 is 11.8 Å². The van der Waals surface area contributed by atoms with Crippen molar-refractivity contribution in [1.29, 1.82) is 0 Å². The Morgan fingerprint density at radius 2 is 2.04 bits per heavy atom. The van der Waals surface area contributed by atoms with Crippen molar-refractivity contribution in [1.82, 2.24) is 19.8 Å². The number of nitrogens with zero attached hydrogens (tertiary/aromatic N) is 3. The van der Waals surface area contributed by atoms with Crippen molar-refractivity contribution >= 4 is 22.9 Å². The Bertz CT molecular complexity index is 646. The fourth-order valence-electron chi connectivity index (χ4n) is 2.35. The van der Waals surface area contributed by atoms with Crippen molar-refractivity contribution in [2.45, 2.75) is 19.9 Å². The Kier molecular flexibility index (Phi) is 8.04.